The van der Waals surface area contributed by atoms with Gasteiger partial charge in [-0.15, -0.1) is 0 Å². The first-order chi connectivity index (χ1) is 6.61. The van der Waals surface area contributed by atoms with E-state index >= 15 is 0 Å². The number of methoxy groups -OCH3 is 1. The quantitative estimate of drug-likeness (QED) is 0.279. The molecule has 82 valence electrons. The second-order valence-electron chi connectivity index (χ2n) is 3.08. The zero-order valence-electron chi connectivity index (χ0n) is 8.82. The van der Waals surface area contributed by atoms with Crippen LogP contribution in [-0.4, -0.2) is 25.6 Å². The van der Waals surface area contributed by atoms with Crippen LogP contribution in [0.4, 0.5) is 0 Å². The van der Waals surface area contributed by atoms with E-state index in [1.54, 1.807) is 0 Å². The second-order valence-corrected chi connectivity index (χ2v) is 3.08. The highest BCUT2D eigenvalue weighted by Crippen LogP contribution is 2.12. The van der Waals surface area contributed by atoms with Crippen molar-refractivity contribution in [2.75, 3.05) is 13.7 Å². The fourth-order valence-corrected chi connectivity index (χ4v) is 1.20. The van der Waals surface area contributed by atoms with Crippen LogP contribution in [0.5, 0.6) is 0 Å². The minimum Gasteiger partial charge on any atom is -0.469 e. The molecule has 5 heteroatoms. The molecule has 0 aromatic carbocycles. The zero-order chi connectivity index (χ0) is 11.0. The smallest absolute Gasteiger partial charge is 0.308 e. The number of ether oxygens (including phenoxy) is 1. The molecule has 0 spiro atoms. The van der Waals surface area contributed by atoms with Gasteiger partial charge in [-0.25, -0.2) is 0 Å². The Kier molecular flexibility index (Phi) is 6.53. The summed E-state index contributed by atoms with van der Waals surface area (Å²) in [5.41, 5.74) is 10.3. The van der Waals surface area contributed by atoms with Crippen LogP contribution in [0.3, 0.4) is 0 Å². The van der Waals surface area contributed by atoms with E-state index < -0.39 is 0 Å². The van der Waals surface area contributed by atoms with E-state index in [0.29, 0.717) is 6.54 Å². The van der Waals surface area contributed by atoms with Gasteiger partial charge in [-0.3, -0.25) is 9.79 Å². The Balaban J connectivity index is 3.74. The molecule has 4 N–H and O–H groups in total. The molecule has 0 saturated carbocycles. The fourth-order valence-electron chi connectivity index (χ4n) is 1.20. The maximum absolute atomic E-state index is 11.2. The van der Waals surface area contributed by atoms with E-state index in [-0.39, 0.29) is 17.8 Å². The topological polar surface area (TPSA) is 90.7 Å². The monoisotopic (exact) mass is 201 g/mol. The molecule has 0 fully saturated rings. The standard InChI is InChI=1S/C9H19N3O2/c1-3-7(8(13)14-2)5-4-6-12-9(10)11/h7H,3-6H2,1-2H3,(H4,10,11,12). The Hall–Kier alpha value is -1.26. The van der Waals surface area contributed by atoms with E-state index in [0.717, 1.165) is 19.3 Å². The van der Waals surface area contributed by atoms with Gasteiger partial charge in [0, 0.05) is 6.54 Å². The van der Waals surface area contributed by atoms with Crippen molar-refractivity contribution in [3.8, 4) is 0 Å². The average Bonchev–Trinajstić information content (AvgIpc) is 2.16. The van der Waals surface area contributed by atoms with Crippen molar-refractivity contribution in [2.45, 2.75) is 26.2 Å². The summed E-state index contributed by atoms with van der Waals surface area (Å²) < 4.78 is 4.66. The van der Waals surface area contributed by atoms with Crippen LogP contribution in [0.2, 0.25) is 0 Å². The lowest BCUT2D eigenvalue weighted by molar-refractivity contribution is -0.145. The number of rotatable bonds is 6. The van der Waals surface area contributed by atoms with Crippen molar-refractivity contribution in [2.24, 2.45) is 22.4 Å². The summed E-state index contributed by atoms with van der Waals surface area (Å²) >= 11 is 0. The summed E-state index contributed by atoms with van der Waals surface area (Å²) in [4.78, 5) is 15.0. The lowest BCUT2D eigenvalue weighted by atomic mass is 10.0. The van der Waals surface area contributed by atoms with Crippen molar-refractivity contribution in [1.82, 2.24) is 0 Å². The predicted octanol–water partition coefficient (Wildman–Crippen LogP) is 0.239. The van der Waals surface area contributed by atoms with Gasteiger partial charge in [0.05, 0.1) is 13.0 Å². The molecule has 1 atom stereocenters. The van der Waals surface area contributed by atoms with Crippen LogP contribution in [0.25, 0.3) is 0 Å². The summed E-state index contributed by atoms with van der Waals surface area (Å²) in [5.74, 6) is -0.0949. The molecule has 0 bridgehead atoms. The van der Waals surface area contributed by atoms with Crippen LogP contribution in [0.1, 0.15) is 26.2 Å². The predicted molar refractivity (Wildman–Crippen MR) is 55.7 cm³/mol. The summed E-state index contributed by atoms with van der Waals surface area (Å²) in [7, 11) is 1.40. The Labute approximate surface area is 84.5 Å². The summed E-state index contributed by atoms with van der Waals surface area (Å²) in [6, 6.07) is 0. The first-order valence-corrected chi connectivity index (χ1v) is 4.75. The molecule has 0 radical (unpaired) electrons. The molecule has 0 aromatic heterocycles. The Morgan fingerprint density at radius 3 is 2.57 bits per heavy atom. The largest absolute Gasteiger partial charge is 0.469 e. The van der Waals surface area contributed by atoms with E-state index in [4.69, 9.17) is 11.5 Å². The van der Waals surface area contributed by atoms with Gasteiger partial charge in [-0.05, 0) is 19.3 Å². The first kappa shape index (κ1) is 12.7. The number of nitrogens with zero attached hydrogens (tertiary/aromatic N) is 1. The van der Waals surface area contributed by atoms with Gasteiger partial charge < -0.3 is 16.2 Å². The fraction of sp³-hybridized carbons (Fsp3) is 0.778. The van der Waals surface area contributed by atoms with E-state index in [9.17, 15) is 4.79 Å². The van der Waals surface area contributed by atoms with Gasteiger partial charge in [0.15, 0.2) is 5.96 Å². The van der Waals surface area contributed by atoms with Crippen molar-refractivity contribution >= 4 is 11.9 Å². The lowest BCUT2D eigenvalue weighted by Gasteiger charge is -2.10. The molecule has 0 aliphatic carbocycles. The van der Waals surface area contributed by atoms with Crippen molar-refractivity contribution < 1.29 is 9.53 Å². The van der Waals surface area contributed by atoms with Crippen molar-refractivity contribution in [1.29, 1.82) is 0 Å². The van der Waals surface area contributed by atoms with Crippen LogP contribution >= 0.6 is 0 Å². The summed E-state index contributed by atoms with van der Waals surface area (Å²) in [6.07, 6.45) is 2.35. The number of hydrogen-bond donors (Lipinski definition) is 2. The maximum atomic E-state index is 11.2. The molecule has 0 aliphatic rings. The Morgan fingerprint density at radius 1 is 1.50 bits per heavy atom. The van der Waals surface area contributed by atoms with Crippen molar-refractivity contribution in [3.05, 3.63) is 0 Å². The highest BCUT2D eigenvalue weighted by Gasteiger charge is 2.15. The number of carbonyl (C=O) groups is 1. The molecule has 0 aromatic rings. The zero-order valence-corrected chi connectivity index (χ0v) is 8.82. The van der Waals surface area contributed by atoms with E-state index in [2.05, 4.69) is 9.73 Å². The molecule has 0 rings (SSSR count). The third-order valence-corrected chi connectivity index (χ3v) is 2.03. The number of hydrogen-bond acceptors (Lipinski definition) is 3. The average molecular weight is 201 g/mol. The number of carbonyl (C=O) groups excluding carboxylic acids is 1. The van der Waals surface area contributed by atoms with Gasteiger partial charge in [-0.1, -0.05) is 6.92 Å². The maximum Gasteiger partial charge on any atom is 0.308 e. The molecule has 5 nitrogen and oxygen atoms in total. The highest BCUT2D eigenvalue weighted by molar-refractivity contribution is 5.75. The molecule has 14 heavy (non-hydrogen) atoms. The van der Waals surface area contributed by atoms with Gasteiger partial charge in [0.2, 0.25) is 0 Å². The van der Waals surface area contributed by atoms with Crippen LogP contribution in [-0.2, 0) is 9.53 Å². The first-order valence-electron chi connectivity index (χ1n) is 4.75. The number of guanidine groups is 1. The SMILES string of the molecule is CCC(CCCN=C(N)N)C(=O)OC. The van der Waals surface area contributed by atoms with Gasteiger partial charge in [0.25, 0.3) is 0 Å². The molecule has 0 aliphatic heterocycles. The van der Waals surface area contributed by atoms with E-state index in [1.807, 2.05) is 6.92 Å². The molecule has 1 unspecified atom stereocenters. The summed E-state index contributed by atoms with van der Waals surface area (Å²) in [6.45, 7) is 2.53. The molecule has 0 amide bonds. The normalized spacial score (nSPS) is 11.9. The molecular weight excluding hydrogens is 182 g/mol. The number of esters is 1. The van der Waals surface area contributed by atoms with Gasteiger partial charge >= 0.3 is 5.97 Å². The number of nitrogens with two attached hydrogens (primary N) is 2. The van der Waals surface area contributed by atoms with Gasteiger partial charge in [-0.2, -0.15) is 0 Å². The third kappa shape index (κ3) is 5.40. The highest BCUT2D eigenvalue weighted by atomic mass is 16.5. The van der Waals surface area contributed by atoms with Crippen LogP contribution < -0.4 is 11.5 Å². The number of aliphatic imine (C=N–C) groups is 1. The van der Waals surface area contributed by atoms with Gasteiger partial charge in [0.1, 0.15) is 0 Å². The summed E-state index contributed by atoms with van der Waals surface area (Å²) in [5, 5.41) is 0. The van der Waals surface area contributed by atoms with E-state index in [1.165, 1.54) is 7.11 Å². The lowest BCUT2D eigenvalue weighted by Crippen LogP contribution is -2.23. The van der Waals surface area contributed by atoms with Crippen LogP contribution in [0, 0.1) is 5.92 Å². The van der Waals surface area contributed by atoms with Crippen LogP contribution in [0.15, 0.2) is 4.99 Å². The van der Waals surface area contributed by atoms with Crippen molar-refractivity contribution in [3.63, 3.8) is 0 Å². The minimum atomic E-state index is -0.155. The molecule has 0 heterocycles. The molecule has 0 saturated heterocycles. The Morgan fingerprint density at radius 2 is 2.14 bits per heavy atom. The molecular formula is C9H19N3O2. The Bertz CT molecular complexity index is 200. The third-order valence-electron chi connectivity index (χ3n) is 2.03. The minimum absolute atomic E-state index is 0.0331. The second kappa shape index (κ2) is 7.17.